The van der Waals surface area contributed by atoms with Crippen LogP contribution in [0.4, 0.5) is 4.79 Å². The molecule has 1 N–H and O–H groups in total. The topological polar surface area (TPSA) is 29.1 Å². The van der Waals surface area contributed by atoms with E-state index in [2.05, 4.69) is 56.9 Å². The van der Waals surface area contributed by atoms with Crippen molar-refractivity contribution in [3.05, 3.63) is 35.4 Å². The number of carbonyl (C=O) groups is 1. The van der Waals surface area contributed by atoms with Crippen LogP contribution in [-0.2, 0) is 5.41 Å². The minimum Gasteiger partial charge on any atom is -0.346 e. The smallest absolute Gasteiger partial charge is 0.276 e. The van der Waals surface area contributed by atoms with Gasteiger partial charge in [-0.1, -0.05) is 56.3 Å². The fourth-order valence-electron chi connectivity index (χ4n) is 1.46. The average Bonchev–Trinajstić information content (AvgIpc) is 2.15. The highest BCUT2D eigenvalue weighted by atomic mass is 32.1. The molecule has 1 aromatic carbocycles. The Morgan fingerprint density at radius 3 is 2.67 bits per heavy atom. The highest BCUT2D eigenvalue weighted by molar-refractivity contribution is 7.96. The molecule has 0 saturated heterocycles. The normalized spacial score (nSPS) is 11.2. The first-order valence-corrected chi connectivity index (χ1v) is 5.40. The number of benzene rings is 1. The van der Waals surface area contributed by atoms with E-state index in [9.17, 15) is 4.79 Å². The van der Waals surface area contributed by atoms with Gasteiger partial charge in [-0.15, -0.1) is 0 Å². The number of aryl methyl sites for hydroxylation is 1. The molecule has 0 bridgehead atoms. The van der Waals surface area contributed by atoms with Gasteiger partial charge in [0.05, 0.1) is 0 Å². The molecule has 0 atom stereocenters. The van der Waals surface area contributed by atoms with E-state index in [1.165, 1.54) is 11.1 Å². The largest absolute Gasteiger partial charge is 0.346 e. The maximum Gasteiger partial charge on any atom is 0.276 e. The molecule has 82 valence electrons. The summed E-state index contributed by atoms with van der Waals surface area (Å²) in [6.45, 7) is 6.87. The zero-order chi connectivity index (χ0) is 11.5. The molecule has 1 amide bonds. The molecule has 0 aromatic heterocycles. The van der Waals surface area contributed by atoms with Crippen molar-refractivity contribution in [3.63, 3.8) is 0 Å². The molecule has 0 saturated carbocycles. The molecule has 0 aliphatic heterocycles. The van der Waals surface area contributed by atoms with Gasteiger partial charge in [0, 0.05) is 12.0 Å². The van der Waals surface area contributed by atoms with Crippen LogP contribution in [0.2, 0.25) is 0 Å². The van der Waals surface area contributed by atoms with E-state index in [1.54, 1.807) is 0 Å². The minimum atomic E-state index is -0.282. The quantitative estimate of drug-likeness (QED) is 0.758. The second-order valence-corrected chi connectivity index (χ2v) is 4.82. The van der Waals surface area contributed by atoms with Crippen molar-refractivity contribution in [2.45, 2.75) is 26.2 Å². The Kier molecular flexibility index (Phi) is 3.80. The van der Waals surface area contributed by atoms with Crippen molar-refractivity contribution in [2.24, 2.45) is 0 Å². The third kappa shape index (κ3) is 3.59. The summed E-state index contributed by atoms with van der Waals surface area (Å²) in [6, 6.07) is 8.33. The van der Waals surface area contributed by atoms with Crippen LogP contribution in [0.1, 0.15) is 25.0 Å². The number of amides is 1. The Morgan fingerprint density at radius 2 is 2.13 bits per heavy atom. The van der Waals surface area contributed by atoms with Gasteiger partial charge in [-0.25, -0.2) is 0 Å². The summed E-state index contributed by atoms with van der Waals surface area (Å²) >= 11 is 3.69. The molecular weight excluding hydrogens is 206 g/mol. The number of hydrogen-bond acceptors (Lipinski definition) is 1. The molecule has 0 fully saturated rings. The summed E-state index contributed by atoms with van der Waals surface area (Å²) in [5.74, 6) is 0. The van der Waals surface area contributed by atoms with Crippen molar-refractivity contribution in [3.8, 4) is 0 Å². The molecule has 0 aliphatic rings. The Balaban J connectivity index is 2.80. The van der Waals surface area contributed by atoms with E-state index in [0.717, 1.165) is 0 Å². The van der Waals surface area contributed by atoms with Crippen molar-refractivity contribution in [2.75, 3.05) is 6.54 Å². The predicted molar refractivity (Wildman–Crippen MR) is 66.6 cm³/mol. The first kappa shape index (κ1) is 12.1. The van der Waals surface area contributed by atoms with E-state index in [0.29, 0.717) is 6.54 Å². The van der Waals surface area contributed by atoms with Gasteiger partial charge in [-0.2, -0.15) is 0 Å². The summed E-state index contributed by atoms with van der Waals surface area (Å²) in [7, 11) is 0. The van der Waals surface area contributed by atoms with Crippen LogP contribution in [0.25, 0.3) is 0 Å². The molecule has 0 heterocycles. The maximum absolute atomic E-state index is 10.7. The molecular formula is C12H17NOS. The van der Waals surface area contributed by atoms with Crippen LogP contribution in [0.3, 0.4) is 0 Å². The number of hydrogen-bond donors (Lipinski definition) is 2. The average molecular weight is 223 g/mol. The van der Waals surface area contributed by atoms with E-state index in [-0.39, 0.29) is 10.7 Å². The molecule has 15 heavy (non-hydrogen) atoms. The first-order valence-electron chi connectivity index (χ1n) is 4.96. The van der Waals surface area contributed by atoms with Crippen LogP contribution >= 0.6 is 12.6 Å². The van der Waals surface area contributed by atoms with Crippen molar-refractivity contribution < 1.29 is 4.79 Å². The first-order chi connectivity index (χ1) is 6.92. The summed E-state index contributed by atoms with van der Waals surface area (Å²) in [5.41, 5.74) is 2.40. The Hall–Kier alpha value is -0.960. The van der Waals surface area contributed by atoms with Gasteiger partial charge in [0.2, 0.25) is 0 Å². The van der Waals surface area contributed by atoms with Gasteiger partial charge < -0.3 is 5.32 Å². The third-order valence-corrected chi connectivity index (χ3v) is 2.64. The van der Waals surface area contributed by atoms with E-state index in [4.69, 9.17) is 0 Å². The zero-order valence-corrected chi connectivity index (χ0v) is 10.3. The number of nitrogens with one attached hydrogen (secondary N) is 1. The van der Waals surface area contributed by atoms with E-state index in [1.807, 2.05) is 6.07 Å². The summed E-state index contributed by atoms with van der Waals surface area (Å²) in [6.07, 6.45) is 0. The Labute approximate surface area is 96.5 Å². The van der Waals surface area contributed by atoms with Gasteiger partial charge in [0.25, 0.3) is 5.24 Å². The molecule has 3 heteroatoms. The summed E-state index contributed by atoms with van der Waals surface area (Å²) < 4.78 is 0. The van der Waals surface area contributed by atoms with Crippen LogP contribution in [0.5, 0.6) is 0 Å². The SMILES string of the molecule is Cc1cccc(C(C)(C)CNC(=O)S)c1. The van der Waals surface area contributed by atoms with Crippen molar-refractivity contribution >= 4 is 17.9 Å². The number of rotatable bonds is 3. The zero-order valence-electron chi connectivity index (χ0n) is 9.37. The monoisotopic (exact) mass is 223 g/mol. The lowest BCUT2D eigenvalue weighted by Crippen LogP contribution is -2.34. The second-order valence-electron chi connectivity index (χ2n) is 4.41. The number of thiol groups is 1. The second kappa shape index (κ2) is 4.71. The Bertz CT molecular complexity index is 360. The summed E-state index contributed by atoms with van der Waals surface area (Å²) in [4.78, 5) is 10.7. The molecule has 1 aromatic rings. The van der Waals surface area contributed by atoms with E-state index >= 15 is 0 Å². The molecule has 1 rings (SSSR count). The van der Waals surface area contributed by atoms with Crippen LogP contribution in [0, 0.1) is 6.92 Å². The maximum atomic E-state index is 10.7. The van der Waals surface area contributed by atoms with E-state index < -0.39 is 0 Å². The predicted octanol–water partition coefficient (Wildman–Crippen LogP) is 2.91. The fraction of sp³-hybridized carbons (Fsp3) is 0.417. The van der Waals surface area contributed by atoms with Crippen LogP contribution in [0.15, 0.2) is 24.3 Å². The summed E-state index contributed by atoms with van der Waals surface area (Å²) in [5, 5.41) is 2.45. The number of carbonyl (C=O) groups excluding carboxylic acids is 1. The van der Waals surface area contributed by atoms with Gasteiger partial charge in [0.1, 0.15) is 0 Å². The lowest BCUT2D eigenvalue weighted by Gasteiger charge is -2.25. The lowest BCUT2D eigenvalue weighted by molar-refractivity contribution is 0.259. The highest BCUT2D eigenvalue weighted by Gasteiger charge is 2.20. The highest BCUT2D eigenvalue weighted by Crippen LogP contribution is 2.22. The molecule has 0 radical (unpaired) electrons. The standard InChI is InChI=1S/C12H17NOS/c1-9-5-4-6-10(7-9)12(2,3)8-13-11(14)15/h4-7H,8H2,1-3H3,(H2,13,14,15). The molecule has 0 unspecified atom stereocenters. The van der Waals surface area contributed by atoms with Gasteiger partial charge >= 0.3 is 0 Å². The van der Waals surface area contributed by atoms with Crippen molar-refractivity contribution in [1.82, 2.24) is 5.32 Å². The Morgan fingerprint density at radius 1 is 1.47 bits per heavy atom. The molecule has 2 nitrogen and oxygen atoms in total. The fourth-order valence-corrected chi connectivity index (χ4v) is 1.54. The van der Waals surface area contributed by atoms with Crippen molar-refractivity contribution in [1.29, 1.82) is 0 Å². The minimum absolute atomic E-state index is 0.0651. The van der Waals surface area contributed by atoms with Gasteiger partial charge in [-0.05, 0) is 12.5 Å². The molecule has 0 aliphatic carbocycles. The van der Waals surface area contributed by atoms with Gasteiger partial charge in [0.15, 0.2) is 0 Å². The lowest BCUT2D eigenvalue weighted by atomic mass is 9.84. The van der Waals surface area contributed by atoms with Gasteiger partial charge in [-0.3, -0.25) is 4.79 Å². The van der Waals surface area contributed by atoms with Crippen LogP contribution in [-0.4, -0.2) is 11.8 Å². The molecule has 0 spiro atoms. The third-order valence-electron chi connectivity index (χ3n) is 2.48. The van der Waals surface area contributed by atoms with Crippen LogP contribution < -0.4 is 5.32 Å².